The van der Waals surface area contributed by atoms with Gasteiger partial charge in [0.2, 0.25) is 0 Å². The van der Waals surface area contributed by atoms with Crippen LogP contribution in [-0.4, -0.2) is 11.8 Å². The van der Waals surface area contributed by atoms with Gasteiger partial charge in [0.05, 0.1) is 5.69 Å². The molecule has 3 nitrogen and oxygen atoms in total. The topological polar surface area (TPSA) is 37.4 Å². The van der Waals surface area contributed by atoms with E-state index >= 15 is 0 Å². The van der Waals surface area contributed by atoms with Crippen LogP contribution in [0.2, 0.25) is 0 Å². The number of carbonyl (C=O) groups excluding carboxylic acids is 2. The zero-order chi connectivity index (χ0) is 10.8. The van der Waals surface area contributed by atoms with Crippen LogP contribution in [-0.2, 0) is 15.5 Å². The average Bonchev–Trinajstić information content (AvgIpc) is 2.59. The van der Waals surface area contributed by atoms with Gasteiger partial charge in [0.15, 0.2) is 0 Å². The Balaban J connectivity index is 2.37. The minimum Gasteiger partial charge on any atom is -0.269 e. The van der Waals surface area contributed by atoms with E-state index in [1.807, 2.05) is 6.07 Å². The lowest BCUT2D eigenvalue weighted by Gasteiger charge is -2.14. The second-order valence-electron chi connectivity index (χ2n) is 3.15. The SMILES string of the molecule is O=C1C=CC(=O)N1c1cccc(CCl)c1. The van der Waals surface area contributed by atoms with Crippen molar-refractivity contribution < 1.29 is 9.59 Å². The Morgan fingerprint density at radius 2 is 1.80 bits per heavy atom. The molecule has 4 heteroatoms. The number of hydrogen-bond donors (Lipinski definition) is 0. The number of imide groups is 1. The van der Waals surface area contributed by atoms with E-state index in [2.05, 4.69) is 0 Å². The zero-order valence-corrected chi connectivity index (χ0v) is 8.57. The maximum Gasteiger partial charge on any atom is 0.258 e. The van der Waals surface area contributed by atoms with Gasteiger partial charge in [-0.3, -0.25) is 9.59 Å². The van der Waals surface area contributed by atoms with Crippen molar-refractivity contribution in [2.24, 2.45) is 0 Å². The van der Waals surface area contributed by atoms with Crippen molar-refractivity contribution in [1.82, 2.24) is 0 Å². The molecule has 1 aromatic rings. The summed E-state index contributed by atoms with van der Waals surface area (Å²) >= 11 is 5.67. The minimum absolute atomic E-state index is 0.313. The minimum atomic E-state index is -0.313. The molecule has 76 valence electrons. The van der Waals surface area contributed by atoms with Crippen LogP contribution in [0, 0.1) is 0 Å². The highest BCUT2D eigenvalue weighted by molar-refractivity contribution is 6.28. The quantitative estimate of drug-likeness (QED) is 0.565. The van der Waals surface area contributed by atoms with Gasteiger partial charge in [-0.15, -0.1) is 11.6 Å². The van der Waals surface area contributed by atoms with Gasteiger partial charge in [0.1, 0.15) is 0 Å². The van der Waals surface area contributed by atoms with Crippen LogP contribution in [0.1, 0.15) is 5.56 Å². The highest BCUT2D eigenvalue weighted by Gasteiger charge is 2.24. The predicted octanol–water partition coefficient (Wildman–Crippen LogP) is 1.85. The van der Waals surface area contributed by atoms with Crippen molar-refractivity contribution in [3.8, 4) is 0 Å². The molecule has 2 rings (SSSR count). The lowest BCUT2D eigenvalue weighted by atomic mass is 10.2. The maximum absolute atomic E-state index is 11.4. The van der Waals surface area contributed by atoms with E-state index in [4.69, 9.17) is 11.6 Å². The Labute approximate surface area is 91.9 Å². The van der Waals surface area contributed by atoms with E-state index in [9.17, 15) is 9.59 Å². The molecule has 0 saturated carbocycles. The monoisotopic (exact) mass is 221 g/mol. The fourth-order valence-electron chi connectivity index (χ4n) is 1.43. The Morgan fingerprint density at radius 3 is 2.40 bits per heavy atom. The van der Waals surface area contributed by atoms with Gasteiger partial charge in [-0.2, -0.15) is 0 Å². The number of anilines is 1. The molecule has 1 aromatic carbocycles. The molecule has 0 radical (unpaired) electrons. The Hall–Kier alpha value is -1.61. The van der Waals surface area contributed by atoms with Gasteiger partial charge in [0.25, 0.3) is 11.8 Å². The third kappa shape index (κ3) is 1.78. The van der Waals surface area contributed by atoms with Crippen LogP contribution < -0.4 is 4.90 Å². The molecule has 0 bridgehead atoms. The Bertz CT molecular complexity index is 436. The second kappa shape index (κ2) is 3.87. The number of rotatable bonds is 2. The van der Waals surface area contributed by atoms with E-state index in [0.717, 1.165) is 10.5 Å². The smallest absolute Gasteiger partial charge is 0.258 e. The van der Waals surface area contributed by atoms with Crippen LogP contribution in [0.3, 0.4) is 0 Å². The highest BCUT2D eigenvalue weighted by atomic mass is 35.5. The summed E-state index contributed by atoms with van der Waals surface area (Å²) in [5.74, 6) is -0.268. The lowest BCUT2D eigenvalue weighted by molar-refractivity contribution is -0.119. The molecule has 0 unspecified atom stereocenters. The summed E-state index contributed by atoms with van der Waals surface area (Å²) < 4.78 is 0. The average molecular weight is 222 g/mol. The Kier molecular flexibility index (Phi) is 2.56. The lowest BCUT2D eigenvalue weighted by Crippen LogP contribution is -2.29. The molecule has 0 saturated heterocycles. The number of carbonyl (C=O) groups is 2. The predicted molar refractivity (Wildman–Crippen MR) is 57.6 cm³/mol. The van der Waals surface area contributed by atoms with Crippen molar-refractivity contribution in [3.63, 3.8) is 0 Å². The zero-order valence-electron chi connectivity index (χ0n) is 7.81. The van der Waals surface area contributed by atoms with Crippen LogP contribution in [0.15, 0.2) is 36.4 Å². The van der Waals surface area contributed by atoms with Crippen LogP contribution >= 0.6 is 11.6 Å². The normalized spacial score (nSPS) is 15.1. The molecule has 0 aliphatic carbocycles. The third-order valence-electron chi connectivity index (χ3n) is 2.13. The molecule has 15 heavy (non-hydrogen) atoms. The van der Waals surface area contributed by atoms with Crippen molar-refractivity contribution in [2.45, 2.75) is 5.88 Å². The highest BCUT2D eigenvalue weighted by Crippen LogP contribution is 2.20. The number of alkyl halides is 1. The van der Waals surface area contributed by atoms with E-state index in [1.54, 1.807) is 18.2 Å². The number of halogens is 1. The summed E-state index contributed by atoms with van der Waals surface area (Å²) in [4.78, 5) is 23.9. The summed E-state index contributed by atoms with van der Waals surface area (Å²) in [7, 11) is 0. The first kappa shape index (κ1) is 9.93. The van der Waals surface area contributed by atoms with Gasteiger partial charge < -0.3 is 0 Å². The van der Waals surface area contributed by atoms with Gasteiger partial charge in [-0.1, -0.05) is 12.1 Å². The van der Waals surface area contributed by atoms with Crippen LogP contribution in [0.5, 0.6) is 0 Å². The number of nitrogens with zero attached hydrogens (tertiary/aromatic N) is 1. The van der Waals surface area contributed by atoms with Gasteiger partial charge in [-0.25, -0.2) is 4.90 Å². The summed E-state index contributed by atoms with van der Waals surface area (Å²) in [5, 5.41) is 0. The molecular weight excluding hydrogens is 214 g/mol. The fourth-order valence-corrected chi connectivity index (χ4v) is 1.60. The van der Waals surface area contributed by atoms with E-state index < -0.39 is 0 Å². The first-order chi connectivity index (χ1) is 7.22. The summed E-state index contributed by atoms with van der Waals surface area (Å²) in [6.45, 7) is 0. The largest absolute Gasteiger partial charge is 0.269 e. The van der Waals surface area contributed by atoms with Crippen LogP contribution in [0.4, 0.5) is 5.69 Å². The molecular formula is C11H8ClNO2. The molecule has 2 amide bonds. The summed E-state index contributed by atoms with van der Waals surface area (Å²) in [5.41, 5.74) is 1.44. The van der Waals surface area contributed by atoms with E-state index in [0.29, 0.717) is 11.6 Å². The molecule has 0 N–H and O–H groups in total. The molecule has 0 fully saturated rings. The van der Waals surface area contributed by atoms with E-state index in [1.165, 1.54) is 12.2 Å². The standard InChI is InChI=1S/C11H8ClNO2/c12-7-8-2-1-3-9(6-8)13-10(14)4-5-11(13)15/h1-6H,7H2. The van der Waals surface area contributed by atoms with Crippen molar-refractivity contribution in [2.75, 3.05) is 4.90 Å². The number of hydrogen-bond acceptors (Lipinski definition) is 2. The molecule has 0 atom stereocenters. The van der Waals surface area contributed by atoms with Gasteiger partial charge in [0, 0.05) is 18.0 Å². The van der Waals surface area contributed by atoms with Crippen molar-refractivity contribution >= 4 is 29.1 Å². The fraction of sp³-hybridized carbons (Fsp3) is 0.0909. The molecule has 0 spiro atoms. The Morgan fingerprint density at radius 1 is 1.13 bits per heavy atom. The summed E-state index contributed by atoms with van der Waals surface area (Å²) in [6.07, 6.45) is 2.52. The van der Waals surface area contributed by atoms with Gasteiger partial charge >= 0.3 is 0 Å². The molecule has 1 aliphatic heterocycles. The third-order valence-corrected chi connectivity index (χ3v) is 2.44. The van der Waals surface area contributed by atoms with Crippen LogP contribution in [0.25, 0.3) is 0 Å². The second-order valence-corrected chi connectivity index (χ2v) is 3.42. The number of amides is 2. The molecule has 1 heterocycles. The first-order valence-electron chi connectivity index (χ1n) is 4.43. The first-order valence-corrected chi connectivity index (χ1v) is 4.97. The summed E-state index contributed by atoms with van der Waals surface area (Å²) in [6, 6.07) is 7.05. The maximum atomic E-state index is 11.4. The van der Waals surface area contributed by atoms with Gasteiger partial charge in [-0.05, 0) is 17.7 Å². The number of benzene rings is 1. The van der Waals surface area contributed by atoms with Crippen molar-refractivity contribution in [1.29, 1.82) is 0 Å². The molecule has 1 aliphatic rings. The van der Waals surface area contributed by atoms with E-state index in [-0.39, 0.29) is 11.8 Å². The molecule has 0 aromatic heterocycles. The van der Waals surface area contributed by atoms with Crippen molar-refractivity contribution in [3.05, 3.63) is 42.0 Å².